The van der Waals surface area contributed by atoms with Gasteiger partial charge in [-0.25, -0.2) is 0 Å². The molecule has 1 aromatic heterocycles. The van der Waals surface area contributed by atoms with E-state index < -0.39 is 0 Å². The third kappa shape index (κ3) is 5.87. The van der Waals surface area contributed by atoms with E-state index >= 15 is 0 Å². The smallest absolute Gasteiger partial charge is 0.228 e. The van der Waals surface area contributed by atoms with Crippen molar-refractivity contribution in [1.82, 2.24) is 20.8 Å². The molecule has 1 unspecified atom stereocenters. The van der Waals surface area contributed by atoms with Crippen molar-refractivity contribution in [2.45, 2.75) is 37.9 Å². The first kappa shape index (κ1) is 20.0. The first-order valence-electron chi connectivity index (χ1n) is 9.33. The summed E-state index contributed by atoms with van der Waals surface area (Å²) in [6, 6.07) is 7.43. The van der Waals surface area contributed by atoms with Crippen molar-refractivity contribution >= 4 is 29.3 Å². The minimum absolute atomic E-state index is 0.265. The number of thioether (sulfide) groups is 1. The van der Waals surface area contributed by atoms with E-state index in [0.717, 1.165) is 24.6 Å². The molecule has 1 aromatic carbocycles. The number of nitrogens with zero attached hydrogens (tertiary/aromatic N) is 3. The van der Waals surface area contributed by atoms with Gasteiger partial charge in [0.25, 0.3) is 0 Å². The highest BCUT2D eigenvalue weighted by Gasteiger charge is 2.29. The van der Waals surface area contributed by atoms with Crippen molar-refractivity contribution in [3.05, 3.63) is 35.2 Å². The third-order valence-corrected chi connectivity index (χ3v) is 6.16. The van der Waals surface area contributed by atoms with Crippen LogP contribution in [0.5, 0.6) is 0 Å². The maximum Gasteiger partial charge on any atom is 0.228 e. The lowest BCUT2D eigenvalue weighted by molar-refractivity contribution is 0.378. The molecule has 0 aliphatic carbocycles. The number of nitrogens with one attached hydrogen (secondary N) is 2. The average Bonchev–Trinajstić information content (AvgIpc) is 3.30. The Balaban J connectivity index is 1.52. The second-order valence-electron chi connectivity index (χ2n) is 6.80. The Bertz CT molecular complexity index is 773. The van der Waals surface area contributed by atoms with Crippen molar-refractivity contribution in [3.8, 4) is 11.4 Å². The first-order valence-corrected chi connectivity index (χ1v) is 10.7. The van der Waals surface area contributed by atoms with Gasteiger partial charge in [-0.1, -0.05) is 28.9 Å². The lowest BCUT2D eigenvalue weighted by atomic mass is 10.1. The van der Waals surface area contributed by atoms with Crippen LogP contribution in [0.2, 0.25) is 5.02 Å². The van der Waals surface area contributed by atoms with Gasteiger partial charge in [-0.3, -0.25) is 4.99 Å². The fourth-order valence-corrected chi connectivity index (χ4v) is 4.35. The molecule has 1 saturated heterocycles. The van der Waals surface area contributed by atoms with Crippen molar-refractivity contribution in [3.63, 3.8) is 0 Å². The predicted octanol–water partition coefficient (Wildman–Crippen LogP) is 3.77. The summed E-state index contributed by atoms with van der Waals surface area (Å²) in [7, 11) is 0. The minimum atomic E-state index is 0.265. The number of hydrogen-bond donors (Lipinski definition) is 2. The van der Waals surface area contributed by atoms with Gasteiger partial charge >= 0.3 is 0 Å². The molecule has 0 saturated carbocycles. The summed E-state index contributed by atoms with van der Waals surface area (Å²) >= 11 is 8.04. The maximum absolute atomic E-state index is 6.02. The molecule has 0 spiro atoms. The molecule has 2 heterocycles. The van der Waals surface area contributed by atoms with Gasteiger partial charge < -0.3 is 15.2 Å². The molecular formula is C19H26ClN5OS. The summed E-state index contributed by atoms with van der Waals surface area (Å²) in [5.41, 5.74) is 0.850. The zero-order valence-corrected chi connectivity index (χ0v) is 17.4. The van der Waals surface area contributed by atoms with Crippen molar-refractivity contribution in [2.75, 3.05) is 25.4 Å². The lowest BCUT2D eigenvalue weighted by Crippen LogP contribution is -2.39. The van der Waals surface area contributed by atoms with Gasteiger partial charge in [0.2, 0.25) is 11.7 Å². The second-order valence-corrected chi connectivity index (χ2v) is 8.91. The standard InChI is InChI=1S/C19H26ClN5OS/c1-3-21-18(23-13-19(2)9-5-11-27-19)22-10-8-16-24-17(25-26-16)14-6-4-7-15(20)12-14/h4,6-7,12H,3,5,8-11,13H2,1-2H3,(H2,21,22,23). The molecule has 0 bridgehead atoms. The van der Waals surface area contributed by atoms with Crippen LogP contribution in [0.15, 0.2) is 33.8 Å². The van der Waals surface area contributed by atoms with Crippen LogP contribution in [0.1, 0.15) is 32.6 Å². The van der Waals surface area contributed by atoms with Crippen LogP contribution in [-0.2, 0) is 6.42 Å². The highest BCUT2D eigenvalue weighted by Crippen LogP contribution is 2.37. The molecule has 1 fully saturated rings. The van der Waals surface area contributed by atoms with E-state index in [1.54, 1.807) is 0 Å². The largest absolute Gasteiger partial charge is 0.357 e. The molecule has 1 atom stereocenters. The molecule has 1 aliphatic heterocycles. The maximum atomic E-state index is 6.02. The van der Waals surface area contributed by atoms with Crippen LogP contribution in [0.3, 0.4) is 0 Å². The topological polar surface area (TPSA) is 75.3 Å². The van der Waals surface area contributed by atoms with E-state index in [-0.39, 0.29) is 4.75 Å². The highest BCUT2D eigenvalue weighted by molar-refractivity contribution is 8.00. The fourth-order valence-electron chi connectivity index (χ4n) is 2.94. The SMILES string of the molecule is CCNC(=NCC1(C)CCCS1)NCCc1nc(-c2cccc(Cl)c2)no1. The van der Waals surface area contributed by atoms with Crippen molar-refractivity contribution in [1.29, 1.82) is 0 Å². The predicted molar refractivity (Wildman–Crippen MR) is 113 cm³/mol. The highest BCUT2D eigenvalue weighted by atomic mass is 35.5. The Hall–Kier alpha value is -1.73. The third-order valence-electron chi connectivity index (χ3n) is 4.40. The van der Waals surface area contributed by atoms with Crippen molar-refractivity contribution in [2.24, 2.45) is 4.99 Å². The molecular weight excluding hydrogens is 382 g/mol. The number of aliphatic imine (C=N–C) groups is 1. The molecule has 6 nitrogen and oxygen atoms in total. The number of aromatic nitrogens is 2. The Morgan fingerprint density at radius 2 is 2.30 bits per heavy atom. The van der Waals surface area contributed by atoms with Gasteiger partial charge in [0.15, 0.2) is 5.96 Å². The van der Waals surface area contributed by atoms with E-state index in [2.05, 4.69) is 34.6 Å². The van der Waals surface area contributed by atoms with E-state index in [1.807, 2.05) is 36.0 Å². The van der Waals surface area contributed by atoms with E-state index in [0.29, 0.717) is 29.7 Å². The Labute approximate surface area is 169 Å². The number of guanidine groups is 1. The molecule has 3 rings (SSSR count). The average molecular weight is 408 g/mol. The molecule has 0 radical (unpaired) electrons. The monoisotopic (exact) mass is 407 g/mol. The summed E-state index contributed by atoms with van der Waals surface area (Å²) in [5.74, 6) is 3.22. The number of hydrogen-bond acceptors (Lipinski definition) is 5. The lowest BCUT2D eigenvalue weighted by Gasteiger charge is -2.20. The fraction of sp³-hybridized carbons (Fsp3) is 0.526. The number of halogens is 1. The Kier molecular flexibility index (Phi) is 7.01. The van der Waals surface area contributed by atoms with E-state index in [4.69, 9.17) is 21.1 Å². The first-order chi connectivity index (χ1) is 13.1. The van der Waals surface area contributed by atoms with E-state index in [1.165, 1.54) is 18.6 Å². The molecule has 0 amide bonds. The van der Waals surface area contributed by atoms with Crippen LogP contribution >= 0.6 is 23.4 Å². The normalized spacial score (nSPS) is 20.0. The molecule has 2 aromatic rings. The molecule has 8 heteroatoms. The van der Waals surface area contributed by atoms with Gasteiger partial charge in [0.1, 0.15) is 0 Å². The second kappa shape index (κ2) is 9.46. The number of benzene rings is 1. The summed E-state index contributed by atoms with van der Waals surface area (Å²) in [6.45, 7) is 6.69. The minimum Gasteiger partial charge on any atom is -0.357 e. The zero-order valence-electron chi connectivity index (χ0n) is 15.8. The summed E-state index contributed by atoms with van der Waals surface area (Å²) in [5, 5.41) is 11.3. The van der Waals surface area contributed by atoms with Gasteiger partial charge in [0, 0.05) is 34.8 Å². The Morgan fingerprint density at radius 3 is 3.04 bits per heavy atom. The van der Waals surface area contributed by atoms with Crippen LogP contribution in [-0.4, -0.2) is 46.2 Å². The quantitative estimate of drug-likeness (QED) is 0.537. The van der Waals surface area contributed by atoms with Crippen molar-refractivity contribution < 1.29 is 4.52 Å². The van der Waals surface area contributed by atoms with Gasteiger partial charge in [-0.2, -0.15) is 16.7 Å². The molecule has 27 heavy (non-hydrogen) atoms. The van der Waals surface area contributed by atoms with Crippen LogP contribution in [0, 0.1) is 0 Å². The van der Waals surface area contributed by atoms with E-state index in [9.17, 15) is 0 Å². The van der Waals surface area contributed by atoms with Gasteiger partial charge in [-0.15, -0.1) is 0 Å². The van der Waals surface area contributed by atoms with Crippen LogP contribution in [0.4, 0.5) is 0 Å². The summed E-state index contributed by atoms with van der Waals surface area (Å²) < 4.78 is 5.61. The molecule has 146 valence electrons. The van der Waals surface area contributed by atoms with Crippen LogP contribution in [0.25, 0.3) is 11.4 Å². The molecule has 1 aliphatic rings. The molecule has 2 N–H and O–H groups in total. The van der Waals surface area contributed by atoms with Crippen LogP contribution < -0.4 is 10.6 Å². The Morgan fingerprint density at radius 1 is 1.41 bits per heavy atom. The summed E-state index contributed by atoms with van der Waals surface area (Å²) in [6.07, 6.45) is 3.14. The number of rotatable bonds is 7. The zero-order chi connectivity index (χ0) is 19.1. The van der Waals surface area contributed by atoms with Gasteiger partial charge in [0.05, 0.1) is 6.54 Å². The summed E-state index contributed by atoms with van der Waals surface area (Å²) in [4.78, 5) is 9.20. The van der Waals surface area contributed by atoms with Gasteiger partial charge in [-0.05, 0) is 44.6 Å².